The van der Waals surface area contributed by atoms with Gasteiger partial charge in [-0.3, -0.25) is 4.79 Å². The maximum absolute atomic E-state index is 12.5. The van der Waals surface area contributed by atoms with Crippen LogP contribution in [-0.4, -0.2) is 35.6 Å². The van der Waals surface area contributed by atoms with Crippen LogP contribution in [0, 0.1) is 5.92 Å². The molecular weight excluding hydrogens is 308 g/mol. The number of nitrogens with one attached hydrogen (secondary N) is 1. The van der Waals surface area contributed by atoms with Crippen LogP contribution in [0.3, 0.4) is 0 Å². The maximum Gasteiger partial charge on any atom is 0.253 e. The Balaban J connectivity index is 1.55. The van der Waals surface area contributed by atoms with E-state index in [-0.39, 0.29) is 12.5 Å². The molecule has 0 saturated carbocycles. The van der Waals surface area contributed by atoms with Crippen LogP contribution in [0.25, 0.3) is 0 Å². The Kier molecular flexibility index (Phi) is 5.31. The largest absolute Gasteiger partial charge is 0.396 e. The topological polar surface area (TPSA) is 52.6 Å². The first-order valence-corrected chi connectivity index (χ1v) is 8.95. The van der Waals surface area contributed by atoms with E-state index in [0.717, 1.165) is 43.7 Å². The lowest BCUT2D eigenvalue weighted by Crippen LogP contribution is -2.28. The molecule has 5 heteroatoms. The fraction of sp³-hybridized carbons (Fsp3) is 0.389. The third-order valence-electron chi connectivity index (χ3n) is 4.32. The Labute approximate surface area is 140 Å². The molecule has 0 bridgehead atoms. The van der Waals surface area contributed by atoms with Crippen LogP contribution < -0.4 is 5.32 Å². The minimum Gasteiger partial charge on any atom is -0.396 e. The van der Waals surface area contributed by atoms with Gasteiger partial charge in [0.1, 0.15) is 0 Å². The minimum absolute atomic E-state index is 0.0924. The van der Waals surface area contributed by atoms with Gasteiger partial charge in [0.15, 0.2) is 0 Å². The molecule has 4 nitrogen and oxygen atoms in total. The van der Waals surface area contributed by atoms with Crippen molar-refractivity contribution in [2.24, 2.45) is 5.92 Å². The number of anilines is 1. The molecule has 1 unspecified atom stereocenters. The van der Waals surface area contributed by atoms with E-state index in [4.69, 9.17) is 5.11 Å². The van der Waals surface area contributed by atoms with Crippen molar-refractivity contribution in [1.29, 1.82) is 0 Å². The van der Waals surface area contributed by atoms with Gasteiger partial charge in [-0.15, -0.1) is 0 Å². The normalized spacial score (nSPS) is 17.4. The number of thiophene rings is 1. The zero-order chi connectivity index (χ0) is 16.1. The number of nitrogens with zero attached hydrogens (tertiary/aromatic N) is 1. The van der Waals surface area contributed by atoms with Crippen molar-refractivity contribution >= 4 is 22.9 Å². The first-order chi connectivity index (χ1) is 11.3. The molecule has 1 aromatic carbocycles. The van der Waals surface area contributed by atoms with Crippen LogP contribution in [0.4, 0.5) is 5.69 Å². The molecule has 1 fully saturated rings. The Morgan fingerprint density at radius 1 is 1.30 bits per heavy atom. The molecule has 122 valence electrons. The van der Waals surface area contributed by atoms with Gasteiger partial charge in [0, 0.05) is 37.5 Å². The molecule has 1 amide bonds. The van der Waals surface area contributed by atoms with Gasteiger partial charge >= 0.3 is 0 Å². The van der Waals surface area contributed by atoms with Crippen molar-refractivity contribution < 1.29 is 9.90 Å². The van der Waals surface area contributed by atoms with E-state index in [1.54, 1.807) is 11.3 Å². The van der Waals surface area contributed by atoms with Crippen molar-refractivity contribution in [2.45, 2.75) is 19.4 Å². The Bertz CT molecular complexity index is 625. The first-order valence-electron chi connectivity index (χ1n) is 8.01. The Morgan fingerprint density at radius 2 is 2.13 bits per heavy atom. The van der Waals surface area contributed by atoms with Gasteiger partial charge in [0.2, 0.25) is 0 Å². The summed E-state index contributed by atoms with van der Waals surface area (Å²) in [6.07, 6.45) is 1.78. The molecule has 3 rings (SSSR count). The van der Waals surface area contributed by atoms with E-state index in [9.17, 15) is 4.79 Å². The fourth-order valence-corrected chi connectivity index (χ4v) is 3.61. The molecule has 1 atom stereocenters. The number of aliphatic hydroxyl groups is 1. The van der Waals surface area contributed by atoms with Crippen LogP contribution in [-0.2, 0) is 6.54 Å². The van der Waals surface area contributed by atoms with Crippen molar-refractivity contribution in [3.05, 3.63) is 52.2 Å². The zero-order valence-corrected chi connectivity index (χ0v) is 13.9. The SMILES string of the molecule is O=C(c1ccc(NCc2ccsc2)cc1)N1CCC(CCO)C1. The maximum atomic E-state index is 12.5. The molecule has 1 aromatic heterocycles. The van der Waals surface area contributed by atoms with E-state index >= 15 is 0 Å². The summed E-state index contributed by atoms with van der Waals surface area (Å²) in [5, 5.41) is 16.6. The molecule has 1 aliphatic rings. The van der Waals surface area contributed by atoms with E-state index in [1.807, 2.05) is 29.2 Å². The smallest absolute Gasteiger partial charge is 0.253 e. The average Bonchev–Trinajstić information content (AvgIpc) is 3.25. The van der Waals surface area contributed by atoms with E-state index in [0.29, 0.717) is 5.92 Å². The molecule has 2 aromatic rings. The Morgan fingerprint density at radius 3 is 2.83 bits per heavy atom. The molecule has 0 radical (unpaired) electrons. The second kappa shape index (κ2) is 7.62. The van der Waals surface area contributed by atoms with Crippen molar-refractivity contribution in [2.75, 3.05) is 25.0 Å². The van der Waals surface area contributed by atoms with Gasteiger partial charge in [-0.2, -0.15) is 11.3 Å². The van der Waals surface area contributed by atoms with Crippen LogP contribution >= 0.6 is 11.3 Å². The van der Waals surface area contributed by atoms with Crippen LogP contribution in [0.2, 0.25) is 0 Å². The molecule has 1 saturated heterocycles. The molecular formula is C18H22N2O2S. The lowest BCUT2D eigenvalue weighted by molar-refractivity contribution is 0.0785. The fourth-order valence-electron chi connectivity index (χ4n) is 2.95. The molecule has 0 aliphatic carbocycles. The number of benzene rings is 1. The summed E-state index contributed by atoms with van der Waals surface area (Å²) in [7, 11) is 0. The predicted octanol–water partition coefficient (Wildman–Crippen LogP) is 3.20. The highest BCUT2D eigenvalue weighted by atomic mass is 32.1. The summed E-state index contributed by atoms with van der Waals surface area (Å²) in [5.74, 6) is 0.533. The number of likely N-dealkylation sites (tertiary alicyclic amines) is 1. The summed E-state index contributed by atoms with van der Waals surface area (Å²) in [4.78, 5) is 14.4. The highest BCUT2D eigenvalue weighted by Gasteiger charge is 2.26. The second-order valence-corrected chi connectivity index (χ2v) is 6.76. The van der Waals surface area contributed by atoms with Gasteiger partial charge in [-0.25, -0.2) is 0 Å². The highest BCUT2D eigenvalue weighted by molar-refractivity contribution is 7.07. The van der Waals surface area contributed by atoms with E-state index in [1.165, 1.54) is 5.56 Å². The van der Waals surface area contributed by atoms with Gasteiger partial charge < -0.3 is 15.3 Å². The summed E-state index contributed by atoms with van der Waals surface area (Å²) in [5.41, 5.74) is 3.02. The third kappa shape index (κ3) is 4.12. The number of carbonyl (C=O) groups excluding carboxylic acids is 1. The molecule has 2 N–H and O–H groups in total. The van der Waals surface area contributed by atoms with Crippen LogP contribution in [0.1, 0.15) is 28.8 Å². The highest BCUT2D eigenvalue weighted by Crippen LogP contribution is 2.22. The van der Waals surface area contributed by atoms with E-state index < -0.39 is 0 Å². The van der Waals surface area contributed by atoms with Gasteiger partial charge in [-0.1, -0.05) is 0 Å². The lowest BCUT2D eigenvalue weighted by atomic mass is 10.1. The standard InChI is InChI=1S/C18H22N2O2S/c21-9-6-14-5-8-20(12-14)18(22)16-1-3-17(4-2-16)19-11-15-7-10-23-13-15/h1-4,7,10,13-14,19,21H,5-6,8-9,11-12H2. The first kappa shape index (κ1) is 16.0. The number of hydrogen-bond donors (Lipinski definition) is 2. The average molecular weight is 330 g/mol. The summed E-state index contributed by atoms with van der Waals surface area (Å²) < 4.78 is 0. The lowest BCUT2D eigenvalue weighted by Gasteiger charge is -2.17. The van der Waals surface area contributed by atoms with Crippen LogP contribution in [0.5, 0.6) is 0 Å². The van der Waals surface area contributed by atoms with Crippen LogP contribution in [0.15, 0.2) is 41.1 Å². The number of amides is 1. The third-order valence-corrected chi connectivity index (χ3v) is 5.05. The number of aliphatic hydroxyl groups excluding tert-OH is 1. The number of hydrogen-bond acceptors (Lipinski definition) is 4. The molecule has 2 heterocycles. The van der Waals surface area contributed by atoms with Gasteiger partial charge in [-0.05, 0) is 65.4 Å². The van der Waals surface area contributed by atoms with Crippen molar-refractivity contribution in [3.8, 4) is 0 Å². The number of rotatable bonds is 6. The Hall–Kier alpha value is -1.85. The van der Waals surface area contributed by atoms with Gasteiger partial charge in [0.05, 0.1) is 0 Å². The zero-order valence-electron chi connectivity index (χ0n) is 13.1. The quantitative estimate of drug-likeness (QED) is 0.855. The summed E-state index contributed by atoms with van der Waals surface area (Å²) in [6.45, 7) is 2.56. The summed E-state index contributed by atoms with van der Waals surface area (Å²) >= 11 is 1.69. The van der Waals surface area contributed by atoms with Crippen molar-refractivity contribution in [3.63, 3.8) is 0 Å². The molecule has 1 aliphatic heterocycles. The summed E-state index contributed by atoms with van der Waals surface area (Å²) in [6, 6.07) is 9.79. The van der Waals surface area contributed by atoms with E-state index in [2.05, 4.69) is 22.1 Å². The number of carbonyl (C=O) groups is 1. The minimum atomic E-state index is 0.0924. The molecule has 0 spiro atoms. The van der Waals surface area contributed by atoms with Crippen molar-refractivity contribution in [1.82, 2.24) is 4.90 Å². The van der Waals surface area contributed by atoms with Gasteiger partial charge in [0.25, 0.3) is 5.91 Å². The second-order valence-electron chi connectivity index (χ2n) is 5.98. The predicted molar refractivity (Wildman–Crippen MR) is 93.8 cm³/mol. The monoisotopic (exact) mass is 330 g/mol. The molecule has 23 heavy (non-hydrogen) atoms.